The van der Waals surface area contributed by atoms with E-state index in [0.29, 0.717) is 11.0 Å². The van der Waals surface area contributed by atoms with Gasteiger partial charge >= 0.3 is 0 Å². The molecule has 2 aliphatic heterocycles. The molecule has 2 rings (SSSR count). The smallest absolute Gasteiger partial charge is 0.0742 e. The summed E-state index contributed by atoms with van der Waals surface area (Å²) in [6.07, 6.45) is 4.96. The minimum atomic E-state index is 0.519. The Morgan fingerprint density at radius 3 is 2.69 bits per heavy atom. The van der Waals surface area contributed by atoms with Gasteiger partial charge in [0.25, 0.3) is 0 Å². The molecule has 2 saturated heterocycles. The molecule has 0 aliphatic carbocycles. The van der Waals surface area contributed by atoms with Crippen LogP contribution in [0.25, 0.3) is 0 Å². The lowest BCUT2D eigenvalue weighted by Crippen LogP contribution is -2.39. The van der Waals surface area contributed by atoms with Gasteiger partial charge in [0.2, 0.25) is 0 Å². The maximum absolute atomic E-state index is 5.61. The standard InChI is InChI=1S/C12H23N3S/c1-10(8-12(13)16)15-7-4-11(9-15)14-5-2-3-6-14/h10-11H,2-9H2,1H3,(H2,13,16). The largest absolute Gasteiger partial charge is 0.393 e. The first-order chi connectivity index (χ1) is 7.66. The van der Waals surface area contributed by atoms with Crippen LogP contribution in [0.5, 0.6) is 0 Å². The summed E-state index contributed by atoms with van der Waals surface area (Å²) in [5.74, 6) is 0. The molecule has 2 unspecified atom stereocenters. The van der Waals surface area contributed by atoms with Gasteiger partial charge in [0.15, 0.2) is 0 Å². The molecule has 0 aromatic carbocycles. The molecule has 16 heavy (non-hydrogen) atoms. The van der Waals surface area contributed by atoms with Crippen LogP contribution in [0, 0.1) is 0 Å². The first-order valence-corrected chi connectivity index (χ1v) is 6.84. The molecule has 2 fully saturated rings. The van der Waals surface area contributed by atoms with E-state index in [4.69, 9.17) is 18.0 Å². The fourth-order valence-electron chi connectivity index (χ4n) is 2.99. The lowest BCUT2D eigenvalue weighted by molar-refractivity contribution is 0.209. The summed E-state index contributed by atoms with van der Waals surface area (Å²) in [6, 6.07) is 1.31. The van der Waals surface area contributed by atoms with E-state index >= 15 is 0 Å². The Hall–Kier alpha value is -0.190. The molecule has 3 nitrogen and oxygen atoms in total. The molecular weight excluding hydrogens is 218 g/mol. The molecular formula is C12H23N3S. The van der Waals surface area contributed by atoms with Crippen LogP contribution in [0.4, 0.5) is 0 Å². The van der Waals surface area contributed by atoms with Crippen LogP contribution in [-0.4, -0.2) is 53.1 Å². The van der Waals surface area contributed by atoms with Crippen LogP contribution >= 0.6 is 12.2 Å². The summed E-state index contributed by atoms with van der Waals surface area (Å²) in [4.78, 5) is 5.85. The Kier molecular flexibility index (Phi) is 4.16. The minimum Gasteiger partial charge on any atom is -0.393 e. The van der Waals surface area contributed by atoms with Gasteiger partial charge in [-0.1, -0.05) is 12.2 Å². The molecule has 0 bridgehead atoms. The van der Waals surface area contributed by atoms with Gasteiger partial charge in [-0.05, 0) is 39.3 Å². The van der Waals surface area contributed by atoms with Gasteiger partial charge in [-0.25, -0.2) is 0 Å². The molecule has 2 aliphatic rings. The Labute approximate surface area is 104 Å². The van der Waals surface area contributed by atoms with E-state index in [-0.39, 0.29) is 0 Å². The van der Waals surface area contributed by atoms with Gasteiger partial charge in [0.1, 0.15) is 0 Å². The van der Waals surface area contributed by atoms with Crippen molar-refractivity contribution in [2.24, 2.45) is 5.73 Å². The highest BCUT2D eigenvalue weighted by Gasteiger charge is 2.31. The Bertz CT molecular complexity index is 251. The summed E-state index contributed by atoms with van der Waals surface area (Å²) in [5, 5.41) is 0. The van der Waals surface area contributed by atoms with E-state index < -0.39 is 0 Å². The molecule has 2 heterocycles. The van der Waals surface area contributed by atoms with Crippen LogP contribution in [0.15, 0.2) is 0 Å². The van der Waals surface area contributed by atoms with Gasteiger partial charge in [0, 0.05) is 31.6 Å². The SMILES string of the molecule is CC(CC(N)=S)N1CCC(N2CCCC2)C1. The van der Waals surface area contributed by atoms with Gasteiger partial charge < -0.3 is 5.73 Å². The fraction of sp³-hybridized carbons (Fsp3) is 0.917. The minimum absolute atomic E-state index is 0.519. The number of thiocarbonyl (C=S) groups is 1. The van der Waals surface area contributed by atoms with Crippen molar-refractivity contribution < 1.29 is 0 Å². The molecule has 0 radical (unpaired) electrons. The molecule has 2 atom stereocenters. The third kappa shape index (κ3) is 2.93. The number of nitrogens with two attached hydrogens (primary N) is 1. The summed E-state index contributed by atoms with van der Waals surface area (Å²) in [7, 11) is 0. The van der Waals surface area contributed by atoms with E-state index in [1.807, 2.05) is 0 Å². The molecule has 0 amide bonds. The van der Waals surface area contributed by atoms with E-state index in [9.17, 15) is 0 Å². The third-order valence-electron chi connectivity index (χ3n) is 3.97. The van der Waals surface area contributed by atoms with Gasteiger partial charge in [0.05, 0.1) is 4.99 Å². The summed E-state index contributed by atoms with van der Waals surface area (Å²) in [5.41, 5.74) is 5.61. The zero-order valence-electron chi connectivity index (χ0n) is 10.2. The zero-order valence-corrected chi connectivity index (χ0v) is 11.0. The monoisotopic (exact) mass is 241 g/mol. The van der Waals surface area contributed by atoms with Crippen molar-refractivity contribution in [2.45, 2.75) is 44.7 Å². The van der Waals surface area contributed by atoms with Crippen molar-refractivity contribution in [3.63, 3.8) is 0 Å². The number of nitrogens with zero attached hydrogens (tertiary/aromatic N) is 2. The number of hydrogen-bond acceptors (Lipinski definition) is 3. The number of hydrogen-bond donors (Lipinski definition) is 1. The van der Waals surface area contributed by atoms with Crippen LogP contribution in [0.1, 0.15) is 32.6 Å². The first kappa shape index (κ1) is 12.3. The maximum Gasteiger partial charge on any atom is 0.0742 e. The van der Waals surface area contributed by atoms with Crippen molar-refractivity contribution in [1.29, 1.82) is 0 Å². The van der Waals surface area contributed by atoms with Gasteiger partial charge in [-0.15, -0.1) is 0 Å². The van der Waals surface area contributed by atoms with E-state index in [1.165, 1.54) is 45.4 Å². The molecule has 92 valence electrons. The molecule has 0 spiro atoms. The molecule has 2 N–H and O–H groups in total. The fourth-order valence-corrected chi connectivity index (χ4v) is 3.23. The summed E-state index contributed by atoms with van der Waals surface area (Å²) in [6.45, 7) is 7.28. The van der Waals surface area contributed by atoms with Crippen molar-refractivity contribution in [2.75, 3.05) is 26.2 Å². The summed E-state index contributed by atoms with van der Waals surface area (Å²) >= 11 is 4.98. The van der Waals surface area contributed by atoms with Crippen molar-refractivity contribution in [3.8, 4) is 0 Å². The number of likely N-dealkylation sites (tertiary alicyclic amines) is 2. The first-order valence-electron chi connectivity index (χ1n) is 6.43. The Morgan fingerprint density at radius 2 is 2.06 bits per heavy atom. The predicted octanol–water partition coefficient (Wildman–Crippen LogP) is 1.22. The second-order valence-electron chi connectivity index (χ2n) is 5.20. The molecule has 0 saturated carbocycles. The molecule has 0 aromatic rings. The average molecular weight is 241 g/mol. The third-order valence-corrected chi connectivity index (χ3v) is 4.14. The van der Waals surface area contributed by atoms with Crippen molar-refractivity contribution >= 4 is 17.2 Å². The molecule has 0 aromatic heterocycles. The van der Waals surface area contributed by atoms with Crippen molar-refractivity contribution in [3.05, 3.63) is 0 Å². The average Bonchev–Trinajstić information content (AvgIpc) is 2.87. The predicted molar refractivity (Wildman–Crippen MR) is 71.6 cm³/mol. The van der Waals surface area contributed by atoms with Crippen molar-refractivity contribution in [1.82, 2.24) is 9.80 Å². The summed E-state index contributed by atoms with van der Waals surface area (Å²) < 4.78 is 0. The topological polar surface area (TPSA) is 32.5 Å². The normalized spacial score (nSPS) is 29.7. The highest BCUT2D eigenvalue weighted by molar-refractivity contribution is 7.80. The lowest BCUT2D eigenvalue weighted by Gasteiger charge is -2.26. The maximum atomic E-state index is 5.61. The highest BCUT2D eigenvalue weighted by Crippen LogP contribution is 2.22. The number of rotatable bonds is 4. The van der Waals surface area contributed by atoms with Crippen LogP contribution in [-0.2, 0) is 0 Å². The Morgan fingerprint density at radius 1 is 1.38 bits per heavy atom. The van der Waals surface area contributed by atoms with Gasteiger partial charge in [-0.3, -0.25) is 9.80 Å². The quantitative estimate of drug-likeness (QED) is 0.750. The second kappa shape index (κ2) is 5.43. The van der Waals surface area contributed by atoms with Crippen LogP contribution in [0.2, 0.25) is 0 Å². The van der Waals surface area contributed by atoms with Crippen LogP contribution in [0.3, 0.4) is 0 Å². The van der Waals surface area contributed by atoms with Crippen LogP contribution < -0.4 is 5.73 Å². The van der Waals surface area contributed by atoms with E-state index in [0.717, 1.165) is 12.5 Å². The Balaban J connectivity index is 1.80. The van der Waals surface area contributed by atoms with E-state index in [2.05, 4.69) is 16.7 Å². The lowest BCUT2D eigenvalue weighted by atomic mass is 10.2. The van der Waals surface area contributed by atoms with Gasteiger partial charge in [-0.2, -0.15) is 0 Å². The van der Waals surface area contributed by atoms with E-state index in [1.54, 1.807) is 0 Å². The molecule has 4 heteroatoms. The highest BCUT2D eigenvalue weighted by atomic mass is 32.1. The second-order valence-corrected chi connectivity index (χ2v) is 5.72. The zero-order chi connectivity index (χ0) is 11.5.